The highest BCUT2D eigenvalue weighted by Gasteiger charge is 2.13. The lowest BCUT2D eigenvalue weighted by atomic mass is 10.3. The summed E-state index contributed by atoms with van der Waals surface area (Å²) in [7, 11) is -3.83. The highest BCUT2D eigenvalue weighted by Crippen LogP contribution is 2.12. The highest BCUT2D eigenvalue weighted by molar-refractivity contribution is 7.89. The Hall–Kier alpha value is -2.46. The zero-order valence-corrected chi connectivity index (χ0v) is 12.2. The van der Waals surface area contributed by atoms with Gasteiger partial charge in [0.05, 0.1) is 4.90 Å². The lowest BCUT2D eigenvalue weighted by molar-refractivity contribution is -0.305. The smallest absolute Gasteiger partial charge is 0.313 e. The summed E-state index contributed by atoms with van der Waals surface area (Å²) in [5, 5.41) is 19.6. The number of sulfonamides is 1. The number of aliphatic carboxylic acids is 1. The second-order valence-corrected chi connectivity index (χ2v) is 5.82. The Morgan fingerprint density at radius 1 is 1.09 bits per heavy atom. The monoisotopic (exact) mass is 328 g/mol. The summed E-state index contributed by atoms with van der Waals surface area (Å²) >= 11 is 0. The molecule has 9 nitrogen and oxygen atoms in total. The first kappa shape index (κ1) is 17.6. The third kappa shape index (κ3) is 5.89. The molecule has 0 aliphatic rings. The van der Waals surface area contributed by atoms with Crippen molar-refractivity contribution in [1.82, 2.24) is 5.32 Å². The number of rotatable bonds is 6. The van der Waals surface area contributed by atoms with E-state index in [1.54, 1.807) is 0 Å². The predicted octanol–water partition coefficient (Wildman–Crippen LogP) is -2.08. The Kier molecular flexibility index (Phi) is 6.01. The van der Waals surface area contributed by atoms with Crippen LogP contribution in [-0.4, -0.2) is 32.7 Å². The number of carboxylic acid groups (broad SMARTS) is 1. The Bertz CT molecular complexity index is 669. The molecule has 0 saturated carbocycles. The van der Waals surface area contributed by atoms with E-state index in [4.69, 9.17) is 5.14 Å². The van der Waals surface area contributed by atoms with Gasteiger partial charge in [-0.2, -0.15) is 0 Å². The topological polar surface area (TPSA) is 158 Å². The lowest BCUT2D eigenvalue weighted by Crippen LogP contribution is -2.36. The average molecular weight is 328 g/mol. The number of anilines is 1. The van der Waals surface area contributed by atoms with E-state index in [9.17, 15) is 27.9 Å². The van der Waals surface area contributed by atoms with Gasteiger partial charge >= 0.3 is 11.8 Å². The predicted molar refractivity (Wildman–Crippen MR) is 73.7 cm³/mol. The summed E-state index contributed by atoms with van der Waals surface area (Å²) in [5.41, 5.74) is 0.210. The Morgan fingerprint density at radius 3 is 2.18 bits per heavy atom. The molecule has 0 aromatic heterocycles. The van der Waals surface area contributed by atoms with Gasteiger partial charge in [0.25, 0.3) is 0 Å². The molecule has 1 rings (SSSR count). The molecule has 1 aromatic carbocycles. The maximum Gasteiger partial charge on any atom is 0.313 e. The third-order valence-electron chi connectivity index (χ3n) is 2.49. The van der Waals surface area contributed by atoms with Crippen molar-refractivity contribution >= 4 is 33.5 Å². The van der Waals surface area contributed by atoms with E-state index in [0.717, 1.165) is 0 Å². The summed E-state index contributed by atoms with van der Waals surface area (Å²) in [6, 6.07) is 4.92. The van der Waals surface area contributed by atoms with Gasteiger partial charge in [-0.3, -0.25) is 9.59 Å². The van der Waals surface area contributed by atoms with Crippen LogP contribution in [0.1, 0.15) is 12.8 Å². The van der Waals surface area contributed by atoms with Crippen LogP contribution in [0, 0.1) is 0 Å². The maximum atomic E-state index is 11.5. The molecule has 2 amide bonds. The molecule has 0 unspecified atom stereocenters. The molecule has 22 heavy (non-hydrogen) atoms. The highest BCUT2D eigenvalue weighted by atomic mass is 32.2. The van der Waals surface area contributed by atoms with Crippen molar-refractivity contribution in [2.45, 2.75) is 17.7 Å². The number of hydrogen-bond donors (Lipinski definition) is 3. The van der Waals surface area contributed by atoms with Crippen molar-refractivity contribution < 1.29 is 27.9 Å². The minimum absolute atomic E-state index is 0.0184. The molecule has 10 heteroatoms. The normalized spacial score (nSPS) is 10.8. The Labute approximate surface area is 126 Å². The second-order valence-electron chi connectivity index (χ2n) is 4.25. The fourth-order valence-corrected chi connectivity index (χ4v) is 1.95. The van der Waals surface area contributed by atoms with Crippen LogP contribution in [0.25, 0.3) is 0 Å². The van der Waals surface area contributed by atoms with Crippen molar-refractivity contribution in [1.29, 1.82) is 0 Å². The Balaban J connectivity index is 2.50. The first-order chi connectivity index (χ1) is 10.2. The van der Waals surface area contributed by atoms with Crippen LogP contribution in [0.5, 0.6) is 0 Å². The molecule has 0 bridgehead atoms. The second kappa shape index (κ2) is 7.52. The van der Waals surface area contributed by atoms with E-state index in [2.05, 4.69) is 10.6 Å². The molecule has 0 aliphatic heterocycles. The quantitative estimate of drug-likeness (QED) is 0.401. The van der Waals surface area contributed by atoms with E-state index in [1.807, 2.05) is 0 Å². The molecule has 0 fully saturated rings. The molecule has 120 valence electrons. The zero-order chi connectivity index (χ0) is 16.8. The molecule has 0 heterocycles. The number of carboxylic acids is 1. The molecule has 4 N–H and O–H groups in total. The van der Waals surface area contributed by atoms with Gasteiger partial charge in [0.15, 0.2) is 0 Å². The SMILES string of the molecule is NS(=O)(=O)c1ccc(NC(=O)C(=O)NCCCC(=O)[O-])cc1. The zero-order valence-electron chi connectivity index (χ0n) is 11.4. The number of hydrogen-bond acceptors (Lipinski definition) is 6. The van der Waals surface area contributed by atoms with Crippen LogP contribution in [0.4, 0.5) is 5.69 Å². The summed E-state index contributed by atoms with van der Waals surface area (Å²) in [4.78, 5) is 33.0. The van der Waals surface area contributed by atoms with Crippen molar-refractivity contribution in [2.75, 3.05) is 11.9 Å². The summed E-state index contributed by atoms with van der Waals surface area (Å²) in [5.74, 6) is -3.14. The van der Waals surface area contributed by atoms with Crippen LogP contribution >= 0.6 is 0 Å². The third-order valence-corrected chi connectivity index (χ3v) is 3.42. The van der Waals surface area contributed by atoms with Gasteiger partial charge in [-0.05, 0) is 37.1 Å². The molecular formula is C12H14N3O6S-. The molecule has 0 spiro atoms. The maximum absolute atomic E-state index is 11.5. The molecule has 0 atom stereocenters. The van der Waals surface area contributed by atoms with Crippen LogP contribution in [0.15, 0.2) is 29.2 Å². The first-order valence-electron chi connectivity index (χ1n) is 6.12. The number of carbonyl (C=O) groups is 3. The fraction of sp³-hybridized carbons (Fsp3) is 0.250. The van der Waals surface area contributed by atoms with Crippen LogP contribution in [-0.2, 0) is 24.4 Å². The van der Waals surface area contributed by atoms with Gasteiger partial charge in [0.1, 0.15) is 0 Å². The van der Waals surface area contributed by atoms with Crippen molar-refractivity contribution in [3.05, 3.63) is 24.3 Å². The van der Waals surface area contributed by atoms with Gasteiger partial charge < -0.3 is 20.5 Å². The summed E-state index contributed by atoms with van der Waals surface area (Å²) < 4.78 is 22.1. The fourth-order valence-electron chi connectivity index (χ4n) is 1.43. The van der Waals surface area contributed by atoms with E-state index >= 15 is 0 Å². The van der Waals surface area contributed by atoms with Gasteiger partial charge in [0.2, 0.25) is 10.0 Å². The average Bonchev–Trinajstić information content (AvgIpc) is 2.42. The van der Waals surface area contributed by atoms with Crippen molar-refractivity contribution in [3.63, 3.8) is 0 Å². The number of benzene rings is 1. The largest absolute Gasteiger partial charge is 0.550 e. The van der Waals surface area contributed by atoms with Crippen LogP contribution in [0.2, 0.25) is 0 Å². The van der Waals surface area contributed by atoms with Crippen molar-refractivity contribution in [3.8, 4) is 0 Å². The van der Waals surface area contributed by atoms with Gasteiger partial charge in [-0.25, -0.2) is 13.6 Å². The van der Waals surface area contributed by atoms with E-state index in [1.165, 1.54) is 24.3 Å². The molecule has 0 aliphatic carbocycles. The number of amides is 2. The van der Waals surface area contributed by atoms with Gasteiger partial charge in [-0.15, -0.1) is 0 Å². The number of primary sulfonamides is 1. The van der Waals surface area contributed by atoms with Gasteiger partial charge in [0, 0.05) is 18.2 Å². The molecule has 0 radical (unpaired) electrons. The van der Waals surface area contributed by atoms with Crippen LogP contribution < -0.4 is 20.9 Å². The molecular weight excluding hydrogens is 314 g/mol. The molecule has 0 saturated heterocycles. The van der Waals surface area contributed by atoms with E-state index in [-0.39, 0.29) is 30.0 Å². The van der Waals surface area contributed by atoms with Crippen LogP contribution in [0.3, 0.4) is 0 Å². The molecule has 1 aromatic rings. The minimum atomic E-state index is -3.83. The van der Waals surface area contributed by atoms with E-state index < -0.39 is 27.8 Å². The summed E-state index contributed by atoms with van der Waals surface area (Å²) in [6.45, 7) is 0.0184. The summed E-state index contributed by atoms with van der Waals surface area (Å²) in [6.07, 6.45) is -0.0820. The number of carbonyl (C=O) groups excluding carboxylic acids is 3. The standard InChI is InChI=1S/C12H15N3O6S/c13-22(20,21)9-5-3-8(4-6-9)15-12(19)11(18)14-7-1-2-10(16)17/h3-6H,1-2,7H2,(H,14,18)(H,15,19)(H,16,17)(H2,13,20,21)/p-1. The number of nitrogens with one attached hydrogen (secondary N) is 2. The number of nitrogens with two attached hydrogens (primary N) is 1. The van der Waals surface area contributed by atoms with Crippen molar-refractivity contribution in [2.24, 2.45) is 5.14 Å². The first-order valence-corrected chi connectivity index (χ1v) is 7.66. The minimum Gasteiger partial charge on any atom is -0.550 e. The van der Waals surface area contributed by atoms with Gasteiger partial charge in [-0.1, -0.05) is 0 Å². The Morgan fingerprint density at radius 2 is 1.68 bits per heavy atom. The lowest BCUT2D eigenvalue weighted by Gasteiger charge is -2.07. The van der Waals surface area contributed by atoms with E-state index in [0.29, 0.717) is 0 Å².